The maximum atomic E-state index is 12.3. The first kappa shape index (κ1) is 16.2. The molecule has 0 aliphatic heterocycles. The van der Waals surface area contributed by atoms with Crippen LogP contribution in [0.2, 0.25) is 0 Å². The van der Waals surface area contributed by atoms with Crippen molar-refractivity contribution < 1.29 is 18.3 Å². The summed E-state index contributed by atoms with van der Waals surface area (Å²) in [6.45, 7) is 0. The molecule has 0 bridgehead atoms. The summed E-state index contributed by atoms with van der Waals surface area (Å²) in [5, 5.41) is 21.7. The van der Waals surface area contributed by atoms with E-state index >= 15 is 0 Å². The predicted octanol–water partition coefficient (Wildman–Crippen LogP) is 1.89. The molecule has 2 aromatic rings. The summed E-state index contributed by atoms with van der Waals surface area (Å²) in [6, 6.07) is 7.96. The van der Waals surface area contributed by atoms with Crippen molar-refractivity contribution in [1.82, 2.24) is 0 Å². The fourth-order valence-corrected chi connectivity index (χ4v) is 3.04. The Morgan fingerprint density at radius 1 is 1.00 bits per heavy atom. The van der Waals surface area contributed by atoms with Crippen LogP contribution < -0.4 is 10.5 Å². The predicted molar refractivity (Wildman–Crippen MR) is 81.4 cm³/mol. The van der Waals surface area contributed by atoms with Gasteiger partial charge in [-0.1, -0.05) is 6.07 Å². The van der Waals surface area contributed by atoms with Crippen molar-refractivity contribution in [2.75, 3.05) is 10.5 Å². The summed E-state index contributed by atoms with van der Waals surface area (Å²) in [5.74, 6) is 0. The summed E-state index contributed by atoms with van der Waals surface area (Å²) in [6.07, 6.45) is 0. The van der Waals surface area contributed by atoms with E-state index < -0.39 is 36.1 Å². The number of benzene rings is 2. The molecule has 2 rings (SSSR count). The lowest BCUT2D eigenvalue weighted by atomic mass is 10.3. The molecule has 3 N–H and O–H groups in total. The second kappa shape index (κ2) is 5.88. The maximum absolute atomic E-state index is 12.3. The smallest absolute Gasteiger partial charge is 0.290 e. The molecule has 0 heterocycles. The Morgan fingerprint density at radius 2 is 1.70 bits per heavy atom. The fraction of sp³-hybridized carbons (Fsp3) is 0. The monoisotopic (exact) mass is 338 g/mol. The van der Waals surface area contributed by atoms with E-state index in [0.29, 0.717) is 6.07 Å². The molecule has 0 amide bonds. The number of nitro groups is 2. The third-order valence-electron chi connectivity index (χ3n) is 2.78. The average molecular weight is 338 g/mol. The third kappa shape index (κ3) is 3.52. The van der Waals surface area contributed by atoms with Crippen molar-refractivity contribution in [3.8, 4) is 0 Å². The van der Waals surface area contributed by atoms with E-state index in [1.54, 1.807) is 0 Å². The van der Waals surface area contributed by atoms with Gasteiger partial charge < -0.3 is 5.73 Å². The van der Waals surface area contributed by atoms with Gasteiger partial charge in [-0.05, 0) is 18.2 Å². The van der Waals surface area contributed by atoms with E-state index in [2.05, 4.69) is 4.72 Å². The topological polar surface area (TPSA) is 158 Å². The molecule has 0 atom stereocenters. The molecule has 10 nitrogen and oxygen atoms in total. The molecule has 0 saturated carbocycles. The van der Waals surface area contributed by atoms with E-state index in [1.807, 2.05) is 0 Å². The molecule has 23 heavy (non-hydrogen) atoms. The number of rotatable bonds is 5. The molecule has 120 valence electrons. The number of non-ortho nitro benzene ring substituents is 1. The minimum atomic E-state index is -4.41. The van der Waals surface area contributed by atoms with Crippen molar-refractivity contribution in [3.63, 3.8) is 0 Å². The van der Waals surface area contributed by atoms with Gasteiger partial charge in [0, 0.05) is 23.9 Å². The fourth-order valence-electron chi connectivity index (χ4n) is 1.79. The number of nitrogens with one attached hydrogen (secondary N) is 1. The van der Waals surface area contributed by atoms with Crippen molar-refractivity contribution >= 4 is 32.8 Å². The van der Waals surface area contributed by atoms with Gasteiger partial charge in [-0.2, -0.15) is 0 Å². The summed E-state index contributed by atoms with van der Waals surface area (Å²) in [5.41, 5.74) is 4.53. The Hall–Kier alpha value is -3.21. The lowest BCUT2D eigenvalue weighted by Gasteiger charge is -2.09. The van der Waals surface area contributed by atoms with Crippen LogP contribution in [0.1, 0.15) is 0 Å². The zero-order chi connectivity index (χ0) is 17.2. The Kier molecular flexibility index (Phi) is 4.14. The molecule has 0 aliphatic carbocycles. The van der Waals surface area contributed by atoms with Crippen molar-refractivity contribution in [2.45, 2.75) is 4.90 Å². The van der Waals surface area contributed by atoms with Crippen LogP contribution in [0.15, 0.2) is 47.4 Å². The molecule has 2 aromatic carbocycles. The highest BCUT2D eigenvalue weighted by atomic mass is 32.2. The first-order valence-electron chi connectivity index (χ1n) is 6.02. The van der Waals surface area contributed by atoms with Crippen LogP contribution in [0, 0.1) is 20.2 Å². The second-order valence-electron chi connectivity index (χ2n) is 4.40. The Morgan fingerprint density at radius 3 is 2.26 bits per heavy atom. The summed E-state index contributed by atoms with van der Waals surface area (Å²) < 4.78 is 26.8. The van der Waals surface area contributed by atoms with Gasteiger partial charge in [0.15, 0.2) is 4.90 Å². The van der Waals surface area contributed by atoms with E-state index in [-0.39, 0.29) is 11.4 Å². The van der Waals surface area contributed by atoms with Gasteiger partial charge in [-0.3, -0.25) is 25.0 Å². The van der Waals surface area contributed by atoms with Crippen molar-refractivity contribution in [1.29, 1.82) is 0 Å². The number of hydrogen-bond donors (Lipinski definition) is 2. The largest absolute Gasteiger partial charge is 0.399 e. The van der Waals surface area contributed by atoms with Gasteiger partial charge in [0.25, 0.3) is 21.4 Å². The lowest BCUT2D eigenvalue weighted by molar-refractivity contribution is -0.391. The van der Waals surface area contributed by atoms with Crippen LogP contribution in [0.5, 0.6) is 0 Å². The first-order chi connectivity index (χ1) is 10.7. The summed E-state index contributed by atoms with van der Waals surface area (Å²) >= 11 is 0. The number of nitrogens with zero attached hydrogens (tertiary/aromatic N) is 2. The van der Waals surface area contributed by atoms with Crippen LogP contribution >= 0.6 is 0 Å². The van der Waals surface area contributed by atoms with Crippen molar-refractivity contribution in [3.05, 3.63) is 62.7 Å². The molecule has 11 heteroatoms. The van der Waals surface area contributed by atoms with Gasteiger partial charge >= 0.3 is 0 Å². The maximum Gasteiger partial charge on any atom is 0.290 e. The van der Waals surface area contributed by atoms with Crippen molar-refractivity contribution in [2.24, 2.45) is 0 Å². The van der Waals surface area contributed by atoms with Crippen LogP contribution in [0.4, 0.5) is 22.7 Å². The zero-order valence-electron chi connectivity index (χ0n) is 11.4. The number of nitrogens with two attached hydrogens (primary N) is 1. The minimum absolute atomic E-state index is 0.0748. The number of nitrogen functional groups attached to an aromatic ring is 1. The number of nitro benzene ring substituents is 2. The van der Waals surface area contributed by atoms with Gasteiger partial charge in [-0.15, -0.1) is 0 Å². The molecule has 0 aliphatic rings. The van der Waals surface area contributed by atoms with Crippen LogP contribution in [0.3, 0.4) is 0 Å². The summed E-state index contributed by atoms with van der Waals surface area (Å²) in [4.78, 5) is 19.2. The van der Waals surface area contributed by atoms with Gasteiger partial charge in [-0.25, -0.2) is 8.42 Å². The van der Waals surface area contributed by atoms with Gasteiger partial charge in [0.05, 0.1) is 15.5 Å². The third-order valence-corrected chi connectivity index (χ3v) is 4.19. The van der Waals surface area contributed by atoms with E-state index in [4.69, 9.17) is 5.73 Å². The van der Waals surface area contributed by atoms with Gasteiger partial charge in [0.1, 0.15) is 0 Å². The number of hydrogen-bond acceptors (Lipinski definition) is 7. The first-order valence-corrected chi connectivity index (χ1v) is 7.50. The highest BCUT2D eigenvalue weighted by Gasteiger charge is 2.28. The lowest BCUT2D eigenvalue weighted by Crippen LogP contribution is -2.15. The van der Waals surface area contributed by atoms with Gasteiger partial charge in [0.2, 0.25) is 0 Å². The van der Waals surface area contributed by atoms with Crippen LogP contribution in [0.25, 0.3) is 0 Å². The molecule has 0 saturated heterocycles. The Balaban J connectivity index is 2.55. The quantitative estimate of drug-likeness (QED) is 0.478. The standard InChI is InChI=1S/C12H10N4O6S/c13-8-2-1-3-9(6-8)14-23(21,22)12-7-10(15(17)18)4-5-11(12)16(19)20/h1-7,14H,13H2. The van der Waals surface area contributed by atoms with Crippen LogP contribution in [-0.2, 0) is 10.0 Å². The molecular weight excluding hydrogens is 328 g/mol. The van der Waals surface area contributed by atoms with E-state index in [1.165, 1.54) is 24.3 Å². The molecule has 0 spiro atoms. The van der Waals surface area contributed by atoms with Crippen LogP contribution in [-0.4, -0.2) is 18.3 Å². The SMILES string of the molecule is Nc1cccc(NS(=O)(=O)c2cc([N+](=O)[O-])ccc2[N+](=O)[O-])c1. The molecule has 0 aromatic heterocycles. The molecule has 0 radical (unpaired) electrons. The molecular formula is C12H10N4O6S. The van der Waals surface area contributed by atoms with E-state index in [9.17, 15) is 28.6 Å². The Bertz CT molecular complexity index is 896. The highest BCUT2D eigenvalue weighted by Crippen LogP contribution is 2.29. The Labute approximate surface area is 129 Å². The minimum Gasteiger partial charge on any atom is -0.399 e. The highest BCUT2D eigenvalue weighted by molar-refractivity contribution is 7.92. The average Bonchev–Trinajstić information content (AvgIpc) is 2.46. The molecule has 0 fully saturated rings. The molecule has 0 unspecified atom stereocenters. The summed E-state index contributed by atoms with van der Waals surface area (Å²) in [7, 11) is -4.41. The second-order valence-corrected chi connectivity index (χ2v) is 6.05. The zero-order valence-corrected chi connectivity index (χ0v) is 12.2. The number of anilines is 2. The van der Waals surface area contributed by atoms with E-state index in [0.717, 1.165) is 12.1 Å². The number of sulfonamides is 1. The normalized spacial score (nSPS) is 11.0.